The molecule has 0 saturated carbocycles. The molecular formula is C25H32O2. The number of hydrogen-bond acceptors (Lipinski definition) is 2. The van der Waals surface area contributed by atoms with Gasteiger partial charge in [-0.1, -0.05) is 75.9 Å². The Bertz CT molecular complexity index is 806. The molecule has 1 aliphatic rings. The zero-order chi connectivity index (χ0) is 19.4. The molecule has 0 N–H and O–H groups in total. The number of unbranched alkanes of at least 4 members (excludes halogenated alkanes) is 1. The summed E-state index contributed by atoms with van der Waals surface area (Å²) in [6.45, 7) is 9.20. The van der Waals surface area contributed by atoms with E-state index in [1.54, 1.807) is 0 Å². The summed E-state index contributed by atoms with van der Waals surface area (Å²) >= 11 is 0. The smallest absolute Gasteiger partial charge is 0.163 e. The van der Waals surface area contributed by atoms with Crippen LogP contribution in [0.3, 0.4) is 0 Å². The maximum absolute atomic E-state index is 13.1. The van der Waals surface area contributed by atoms with Gasteiger partial charge in [0.25, 0.3) is 0 Å². The second kappa shape index (κ2) is 8.84. The highest BCUT2D eigenvalue weighted by molar-refractivity contribution is 5.99. The summed E-state index contributed by atoms with van der Waals surface area (Å²) < 4.78 is 6.12. The number of Topliss-reactive ketones (excluding diaryl/α,β-unsaturated/α-hetero) is 1. The number of ether oxygens (including phenoxy) is 1. The SMILES string of the molecule is CCCCC(CC)CC(=O)c1ccc2c(c1C)C(OCC)c1ccccc1-2. The summed E-state index contributed by atoms with van der Waals surface area (Å²) in [7, 11) is 0. The molecule has 2 aromatic carbocycles. The number of carbonyl (C=O) groups is 1. The maximum Gasteiger partial charge on any atom is 0.163 e. The van der Waals surface area contributed by atoms with Crippen molar-refractivity contribution in [2.75, 3.05) is 6.61 Å². The second-order valence-electron chi connectivity index (χ2n) is 7.67. The summed E-state index contributed by atoms with van der Waals surface area (Å²) in [5.74, 6) is 0.773. The van der Waals surface area contributed by atoms with Gasteiger partial charge in [0, 0.05) is 18.6 Å². The van der Waals surface area contributed by atoms with Crippen molar-refractivity contribution < 1.29 is 9.53 Å². The third-order valence-electron chi connectivity index (χ3n) is 5.96. The van der Waals surface area contributed by atoms with Crippen molar-refractivity contribution in [1.29, 1.82) is 0 Å². The lowest BCUT2D eigenvalue weighted by Crippen LogP contribution is -2.12. The van der Waals surface area contributed by atoms with Crippen molar-refractivity contribution in [3.63, 3.8) is 0 Å². The van der Waals surface area contributed by atoms with Crippen molar-refractivity contribution >= 4 is 5.78 Å². The lowest BCUT2D eigenvalue weighted by Gasteiger charge is -2.19. The lowest BCUT2D eigenvalue weighted by molar-refractivity contribution is 0.0930. The summed E-state index contributed by atoms with van der Waals surface area (Å²) in [6, 6.07) is 12.6. The molecule has 0 radical (unpaired) electrons. The minimum atomic E-state index is -0.0592. The molecule has 0 aliphatic heterocycles. The Kier molecular flexibility index (Phi) is 6.49. The molecular weight excluding hydrogens is 332 g/mol. The highest BCUT2D eigenvalue weighted by Crippen LogP contribution is 2.47. The Balaban J connectivity index is 1.94. The van der Waals surface area contributed by atoms with E-state index < -0.39 is 0 Å². The van der Waals surface area contributed by atoms with E-state index in [4.69, 9.17) is 4.74 Å². The molecule has 3 rings (SSSR count). The van der Waals surface area contributed by atoms with Gasteiger partial charge in [-0.05, 0) is 47.6 Å². The quantitative estimate of drug-likeness (QED) is 0.453. The van der Waals surface area contributed by atoms with E-state index in [1.807, 2.05) is 13.0 Å². The number of hydrogen-bond donors (Lipinski definition) is 0. The molecule has 2 atom stereocenters. The van der Waals surface area contributed by atoms with E-state index in [9.17, 15) is 4.79 Å². The van der Waals surface area contributed by atoms with E-state index in [1.165, 1.54) is 35.1 Å². The van der Waals surface area contributed by atoms with Crippen molar-refractivity contribution in [3.05, 3.63) is 58.7 Å². The first-order valence-electron chi connectivity index (χ1n) is 10.5. The highest BCUT2D eigenvalue weighted by Gasteiger charge is 2.32. The van der Waals surface area contributed by atoms with Gasteiger partial charge in [-0.25, -0.2) is 0 Å². The topological polar surface area (TPSA) is 26.3 Å². The minimum absolute atomic E-state index is 0.0592. The van der Waals surface area contributed by atoms with Crippen LogP contribution in [0.15, 0.2) is 36.4 Å². The summed E-state index contributed by atoms with van der Waals surface area (Å²) in [5, 5.41) is 0. The van der Waals surface area contributed by atoms with Crippen LogP contribution in [0.1, 0.15) is 86.0 Å². The zero-order valence-corrected chi connectivity index (χ0v) is 17.2. The zero-order valence-electron chi connectivity index (χ0n) is 17.2. The fourth-order valence-electron chi connectivity index (χ4n) is 4.39. The average Bonchev–Trinajstić information content (AvgIpc) is 3.00. The first-order chi connectivity index (χ1) is 13.1. The van der Waals surface area contributed by atoms with Gasteiger partial charge in [-0.2, -0.15) is 0 Å². The standard InChI is InChI=1S/C25H32O2/c1-5-8-11-18(6-2)16-23(26)19-14-15-21-20-12-9-10-13-22(20)25(27-7-3)24(21)17(19)4/h9-10,12-15,18,25H,5-8,11,16H2,1-4H3. The number of ketones is 1. The first-order valence-corrected chi connectivity index (χ1v) is 10.5. The van der Waals surface area contributed by atoms with Crippen molar-refractivity contribution in [1.82, 2.24) is 0 Å². The lowest BCUT2D eigenvalue weighted by atomic mass is 9.88. The maximum atomic E-state index is 13.1. The molecule has 27 heavy (non-hydrogen) atoms. The fourth-order valence-corrected chi connectivity index (χ4v) is 4.39. The van der Waals surface area contributed by atoms with Crippen LogP contribution >= 0.6 is 0 Å². The third kappa shape index (κ3) is 3.87. The van der Waals surface area contributed by atoms with Crippen LogP contribution in [0.2, 0.25) is 0 Å². The molecule has 0 bridgehead atoms. The van der Waals surface area contributed by atoms with Gasteiger partial charge in [-0.15, -0.1) is 0 Å². The first kappa shape index (κ1) is 19.8. The van der Waals surface area contributed by atoms with Crippen molar-refractivity contribution in [2.45, 2.75) is 65.9 Å². The van der Waals surface area contributed by atoms with Crippen LogP contribution in [-0.4, -0.2) is 12.4 Å². The molecule has 0 aromatic heterocycles. The van der Waals surface area contributed by atoms with Crippen LogP contribution in [0.4, 0.5) is 0 Å². The molecule has 0 amide bonds. The molecule has 1 aliphatic carbocycles. The normalized spacial score (nSPS) is 16.1. The van der Waals surface area contributed by atoms with E-state index in [2.05, 4.69) is 51.1 Å². The fraction of sp³-hybridized carbons (Fsp3) is 0.480. The predicted octanol–water partition coefficient (Wildman–Crippen LogP) is 6.89. The molecule has 2 aromatic rings. The summed E-state index contributed by atoms with van der Waals surface area (Å²) in [6.07, 6.45) is 5.21. The van der Waals surface area contributed by atoms with Gasteiger partial charge < -0.3 is 4.74 Å². The highest BCUT2D eigenvalue weighted by atomic mass is 16.5. The summed E-state index contributed by atoms with van der Waals surface area (Å²) in [4.78, 5) is 13.1. The van der Waals surface area contributed by atoms with E-state index in [-0.39, 0.29) is 11.9 Å². The van der Waals surface area contributed by atoms with E-state index >= 15 is 0 Å². The Morgan fingerprint density at radius 2 is 1.85 bits per heavy atom. The number of rotatable bonds is 9. The van der Waals surface area contributed by atoms with Crippen molar-refractivity contribution in [3.8, 4) is 11.1 Å². The van der Waals surface area contributed by atoms with Gasteiger partial charge in [0.05, 0.1) is 0 Å². The van der Waals surface area contributed by atoms with Gasteiger partial charge in [0.1, 0.15) is 6.10 Å². The Hall–Kier alpha value is -1.93. The van der Waals surface area contributed by atoms with Gasteiger partial charge >= 0.3 is 0 Å². The van der Waals surface area contributed by atoms with Crippen LogP contribution < -0.4 is 0 Å². The minimum Gasteiger partial charge on any atom is -0.369 e. The van der Waals surface area contributed by atoms with Crippen LogP contribution in [0, 0.1) is 12.8 Å². The summed E-state index contributed by atoms with van der Waals surface area (Å²) in [5.41, 5.74) is 6.83. The molecule has 0 heterocycles. The van der Waals surface area contributed by atoms with Gasteiger partial charge in [0.2, 0.25) is 0 Å². The van der Waals surface area contributed by atoms with E-state index in [0.717, 1.165) is 24.0 Å². The average molecular weight is 365 g/mol. The van der Waals surface area contributed by atoms with Gasteiger partial charge in [0.15, 0.2) is 5.78 Å². The molecule has 2 heteroatoms. The van der Waals surface area contributed by atoms with Crippen LogP contribution in [0.25, 0.3) is 11.1 Å². The molecule has 144 valence electrons. The molecule has 2 unspecified atom stereocenters. The second-order valence-corrected chi connectivity index (χ2v) is 7.67. The third-order valence-corrected chi connectivity index (χ3v) is 5.96. The number of fused-ring (bicyclic) bond motifs is 3. The van der Waals surface area contributed by atoms with Crippen molar-refractivity contribution in [2.24, 2.45) is 5.92 Å². The monoisotopic (exact) mass is 364 g/mol. The van der Waals surface area contributed by atoms with E-state index in [0.29, 0.717) is 18.9 Å². The predicted molar refractivity (Wildman–Crippen MR) is 112 cm³/mol. The Morgan fingerprint density at radius 3 is 2.56 bits per heavy atom. The Labute approximate surface area is 164 Å². The molecule has 0 saturated heterocycles. The Morgan fingerprint density at radius 1 is 1.07 bits per heavy atom. The van der Waals surface area contributed by atoms with Crippen LogP contribution in [0.5, 0.6) is 0 Å². The van der Waals surface area contributed by atoms with Gasteiger partial charge in [-0.3, -0.25) is 4.79 Å². The van der Waals surface area contributed by atoms with Crippen LogP contribution in [-0.2, 0) is 4.74 Å². The number of carbonyl (C=O) groups excluding carboxylic acids is 1. The number of benzene rings is 2. The molecule has 2 nitrogen and oxygen atoms in total. The molecule has 0 fully saturated rings. The largest absolute Gasteiger partial charge is 0.369 e. The molecule has 0 spiro atoms.